The van der Waals surface area contributed by atoms with Crippen LogP contribution in [0.4, 0.5) is 29.3 Å². The van der Waals surface area contributed by atoms with Gasteiger partial charge in [0.25, 0.3) is 0 Å². The van der Waals surface area contributed by atoms with Crippen molar-refractivity contribution < 1.29 is 32.3 Å². The van der Waals surface area contributed by atoms with Crippen LogP contribution in [0.5, 0.6) is 0 Å². The van der Waals surface area contributed by atoms with Gasteiger partial charge in [-0.2, -0.15) is 13.9 Å². The summed E-state index contributed by atoms with van der Waals surface area (Å²) < 4.78 is 44.6. The first kappa shape index (κ1) is 20.4. The van der Waals surface area contributed by atoms with Crippen LogP contribution in [0.3, 0.4) is 0 Å². The number of amides is 3. The lowest BCUT2D eigenvalue weighted by molar-refractivity contribution is -0.142. The van der Waals surface area contributed by atoms with Gasteiger partial charge in [0.1, 0.15) is 18.3 Å². The number of anilines is 2. The van der Waals surface area contributed by atoms with Crippen LogP contribution in [-0.2, 0) is 14.3 Å². The first-order chi connectivity index (χ1) is 13.8. The second-order valence-electron chi connectivity index (χ2n) is 6.38. The molecule has 1 aromatic carbocycles. The second-order valence-corrected chi connectivity index (χ2v) is 6.38. The zero-order valence-electron chi connectivity index (χ0n) is 15.3. The molecule has 2 aliphatic heterocycles. The molecule has 1 saturated heterocycles. The summed E-state index contributed by atoms with van der Waals surface area (Å²) in [7, 11) is 0. The predicted molar refractivity (Wildman–Crippen MR) is 96.3 cm³/mol. The van der Waals surface area contributed by atoms with E-state index in [2.05, 4.69) is 10.4 Å². The molecule has 1 fully saturated rings. The summed E-state index contributed by atoms with van der Waals surface area (Å²) in [6.45, 7) is 1.59. The van der Waals surface area contributed by atoms with Crippen molar-refractivity contribution in [1.29, 1.82) is 0 Å². The lowest BCUT2D eigenvalue weighted by Gasteiger charge is -2.29. The third-order valence-corrected chi connectivity index (χ3v) is 4.33. The highest BCUT2D eigenvalue weighted by Gasteiger charge is 2.33. The monoisotopic (exact) mass is 413 g/mol. The van der Waals surface area contributed by atoms with Crippen LogP contribution in [0.15, 0.2) is 23.3 Å². The summed E-state index contributed by atoms with van der Waals surface area (Å²) in [5, 5.41) is 6.80. The number of carbonyl (C=O) groups is 3. The van der Waals surface area contributed by atoms with Gasteiger partial charge in [0.2, 0.25) is 5.91 Å². The fourth-order valence-electron chi connectivity index (χ4n) is 2.90. The average Bonchev–Trinajstić information content (AvgIpc) is 3.06. The summed E-state index contributed by atoms with van der Waals surface area (Å²) in [6, 6.07) is 4.06. The number of hydrogen-bond acceptors (Lipinski definition) is 6. The van der Waals surface area contributed by atoms with E-state index in [1.165, 1.54) is 28.9 Å². The Labute approximate surface area is 163 Å². The summed E-state index contributed by atoms with van der Waals surface area (Å²) in [5.74, 6) is -2.34. The maximum atomic E-state index is 14.6. The van der Waals surface area contributed by atoms with E-state index in [9.17, 15) is 27.6 Å². The third-order valence-electron chi connectivity index (χ3n) is 4.33. The Hall–Kier alpha value is -3.31. The Balaban J connectivity index is 1.68. The SMILES string of the molecule is CC(=O)NC[C@H]1CN(c2ccc(N3C=NN(C(=O)C(F)F)CC3)c(F)c2)C(=O)O1. The third kappa shape index (κ3) is 4.58. The van der Waals surface area contributed by atoms with Gasteiger partial charge in [0, 0.05) is 13.5 Å². The largest absolute Gasteiger partial charge is 0.442 e. The molecule has 2 aliphatic rings. The van der Waals surface area contributed by atoms with E-state index >= 15 is 0 Å². The van der Waals surface area contributed by atoms with E-state index < -0.39 is 30.3 Å². The van der Waals surface area contributed by atoms with Crippen LogP contribution in [-0.4, -0.2) is 68.0 Å². The summed E-state index contributed by atoms with van der Waals surface area (Å²) in [4.78, 5) is 36.8. The maximum absolute atomic E-state index is 14.6. The number of cyclic esters (lactones) is 1. The molecular formula is C17H18F3N5O4. The van der Waals surface area contributed by atoms with Gasteiger partial charge < -0.3 is 15.0 Å². The minimum atomic E-state index is -3.16. The van der Waals surface area contributed by atoms with E-state index in [0.717, 1.165) is 12.4 Å². The molecule has 9 nitrogen and oxygen atoms in total. The first-order valence-corrected chi connectivity index (χ1v) is 8.68. The van der Waals surface area contributed by atoms with Gasteiger partial charge in [-0.05, 0) is 18.2 Å². The number of ether oxygens (including phenoxy) is 1. The van der Waals surface area contributed by atoms with E-state index in [0.29, 0.717) is 5.01 Å². The zero-order chi connectivity index (χ0) is 21.1. The number of halogens is 3. The highest BCUT2D eigenvalue weighted by Crippen LogP contribution is 2.28. The molecule has 1 aromatic rings. The molecule has 156 valence electrons. The van der Waals surface area contributed by atoms with Crippen LogP contribution >= 0.6 is 0 Å². The molecule has 3 amide bonds. The quantitative estimate of drug-likeness (QED) is 0.782. The molecule has 3 rings (SSSR count). The van der Waals surface area contributed by atoms with Crippen molar-refractivity contribution in [3.63, 3.8) is 0 Å². The van der Waals surface area contributed by atoms with Crippen molar-refractivity contribution in [3.8, 4) is 0 Å². The van der Waals surface area contributed by atoms with Gasteiger partial charge in [0.05, 0.1) is 31.0 Å². The number of nitrogens with zero attached hydrogens (tertiary/aromatic N) is 4. The van der Waals surface area contributed by atoms with Crippen molar-refractivity contribution in [2.24, 2.45) is 5.10 Å². The number of carbonyl (C=O) groups excluding carboxylic acids is 3. The summed E-state index contributed by atoms with van der Waals surface area (Å²) in [6.07, 6.45) is -3.28. The van der Waals surface area contributed by atoms with E-state index in [1.54, 1.807) is 0 Å². The number of nitrogens with one attached hydrogen (secondary N) is 1. The number of hydrogen-bond donors (Lipinski definition) is 1. The summed E-state index contributed by atoms with van der Waals surface area (Å²) >= 11 is 0. The minimum absolute atomic E-state index is 0.0722. The predicted octanol–water partition coefficient (Wildman–Crippen LogP) is 1.14. The Morgan fingerprint density at radius 2 is 2.10 bits per heavy atom. The Bertz CT molecular complexity index is 850. The molecular weight excluding hydrogens is 395 g/mol. The molecule has 0 aromatic heterocycles. The molecule has 12 heteroatoms. The summed E-state index contributed by atoms with van der Waals surface area (Å²) in [5.41, 5.74) is 0.383. The van der Waals surface area contributed by atoms with Crippen molar-refractivity contribution >= 4 is 35.6 Å². The van der Waals surface area contributed by atoms with Gasteiger partial charge in [-0.15, -0.1) is 0 Å². The van der Waals surface area contributed by atoms with Gasteiger partial charge in [-0.25, -0.2) is 14.2 Å². The molecule has 0 radical (unpaired) electrons. The molecule has 29 heavy (non-hydrogen) atoms. The smallest absolute Gasteiger partial charge is 0.414 e. The minimum Gasteiger partial charge on any atom is -0.442 e. The standard InChI is InChI=1S/C17H18F3N5O4/c1-10(26)21-7-12-8-24(17(28)29-12)11-2-3-14(13(18)6-11)23-4-5-25(22-9-23)16(27)15(19)20/h2-3,6,9,12,15H,4-5,7-8H2,1H3,(H,21,26)/t12-/m0/s1. The zero-order valence-corrected chi connectivity index (χ0v) is 15.3. The Morgan fingerprint density at radius 1 is 1.34 bits per heavy atom. The fourth-order valence-corrected chi connectivity index (χ4v) is 2.90. The van der Waals surface area contributed by atoms with Crippen LogP contribution in [0.1, 0.15) is 6.92 Å². The fraction of sp³-hybridized carbons (Fsp3) is 0.412. The van der Waals surface area contributed by atoms with Crippen molar-refractivity contribution in [2.45, 2.75) is 19.5 Å². The molecule has 0 bridgehead atoms. The highest BCUT2D eigenvalue weighted by atomic mass is 19.3. The van der Waals surface area contributed by atoms with Gasteiger partial charge >= 0.3 is 18.4 Å². The number of alkyl halides is 2. The van der Waals surface area contributed by atoms with Crippen molar-refractivity contribution in [2.75, 3.05) is 36.0 Å². The molecule has 0 unspecified atom stereocenters. The molecule has 1 N–H and O–H groups in total. The lowest BCUT2D eigenvalue weighted by Crippen LogP contribution is -2.43. The normalized spacial score (nSPS) is 19.0. The number of benzene rings is 1. The number of hydrazone groups is 1. The van der Waals surface area contributed by atoms with Crippen LogP contribution < -0.4 is 15.1 Å². The maximum Gasteiger partial charge on any atom is 0.414 e. The van der Waals surface area contributed by atoms with Crippen LogP contribution in [0.25, 0.3) is 0 Å². The molecule has 0 spiro atoms. The Morgan fingerprint density at radius 3 is 2.69 bits per heavy atom. The lowest BCUT2D eigenvalue weighted by atomic mass is 10.2. The van der Waals surface area contributed by atoms with E-state index in [4.69, 9.17) is 4.74 Å². The first-order valence-electron chi connectivity index (χ1n) is 8.68. The molecule has 2 heterocycles. The Kier molecular flexibility index (Phi) is 5.89. The molecule has 0 saturated carbocycles. The van der Waals surface area contributed by atoms with Crippen LogP contribution in [0.2, 0.25) is 0 Å². The van der Waals surface area contributed by atoms with Gasteiger partial charge in [0.15, 0.2) is 0 Å². The topological polar surface area (TPSA) is 94.5 Å². The molecule has 1 atom stereocenters. The van der Waals surface area contributed by atoms with Gasteiger partial charge in [-0.3, -0.25) is 14.5 Å². The van der Waals surface area contributed by atoms with E-state index in [1.807, 2.05) is 0 Å². The van der Waals surface area contributed by atoms with Crippen molar-refractivity contribution in [3.05, 3.63) is 24.0 Å². The van der Waals surface area contributed by atoms with Gasteiger partial charge in [-0.1, -0.05) is 0 Å². The van der Waals surface area contributed by atoms with Crippen molar-refractivity contribution in [1.82, 2.24) is 10.3 Å². The number of rotatable bonds is 5. The molecule has 0 aliphatic carbocycles. The highest BCUT2D eigenvalue weighted by molar-refractivity contribution is 5.91. The van der Waals surface area contributed by atoms with Crippen LogP contribution in [0, 0.1) is 5.82 Å². The van der Waals surface area contributed by atoms with E-state index in [-0.39, 0.29) is 43.5 Å². The average molecular weight is 413 g/mol. The second kappa shape index (κ2) is 8.37.